The van der Waals surface area contributed by atoms with E-state index in [-0.39, 0.29) is 0 Å². The second-order valence-corrected chi connectivity index (χ2v) is 5.61. The number of benzene rings is 1. The molecule has 0 saturated carbocycles. The van der Waals surface area contributed by atoms with E-state index >= 15 is 0 Å². The Hall–Kier alpha value is -1.95. The maximum Gasteiger partial charge on any atom is 0.335 e. The van der Waals surface area contributed by atoms with Crippen LogP contribution in [-0.2, 0) is 12.8 Å². The first-order valence-corrected chi connectivity index (χ1v) is 7.74. The van der Waals surface area contributed by atoms with E-state index in [1.54, 1.807) is 12.1 Å². The maximum absolute atomic E-state index is 11.2. The molecule has 21 heavy (non-hydrogen) atoms. The number of nitrogens with zero attached hydrogens (tertiary/aromatic N) is 3. The summed E-state index contributed by atoms with van der Waals surface area (Å²) in [6, 6.07) is 7.12. The number of aromatic nitrogens is 2. The number of hydrogen-bond donors (Lipinski definition) is 1. The predicted molar refractivity (Wildman–Crippen MR) is 84.3 cm³/mol. The first-order chi connectivity index (χ1) is 10.1. The number of rotatable bonds is 7. The van der Waals surface area contributed by atoms with Gasteiger partial charge in [-0.25, -0.2) is 9.78 Å². The molecule has 112 valence electrons. The molecule has 0 unspecified atom stereocenters. The topological polar surface area (TPSA) is 66.3 Å². The minimum atomic E-state index is -0.880. The lowest BCUT2D eigenvalue weighted by atomic mass is 10.0. The Morgan fingerprint density at radius 1 is 1.33 bits per heavy atom. The molecule has 2 rings (SSSR count). The number of aryl methyl sites for hydroxylation is 1. The summed E-state index contributed by atoms with van der Waals surface area (Å²) in [5.74, 6) is 0.00434. The third-order valence-corrected chi connectivity index (χ3v) is 4.09. The third kappa shape index (κ3) is 4.01. The van der Waals surface area contributed by atoms with Crippen LogP contribution in [0.5, 0.6) is 0 Å². The van der Waals surface area contributed by atoms with E-state index in [9.17, 15) is 9.90 Å². The number of anilines is 1. The molecule has 1 aromatic carbocycles. The quantitative estimate of drug-likeness (QED) is 0.852. The van der Waals surface area contributed by atoms with E-state index in [2.05, 4.69) is 16.3 Å². The lowest BCUT2D eigenvalue weighted by Crippen LogP contribution is -2.21. The second kappa shape index (κ2) is 7.17. The SMILES string of the molecule is CCCc1nsc(N(C)CCc2ccccc2C(=O)O)n1. The summed E-state index contributed by atoms with van der Waals surface area (Å²) in [5, 5.41) is 10.1. The van der Waals surface area contributed by atoms with Gasteiger partial charge in [-0.05, 0) is 24.5 Å². The smallest absolute Gasteiger partial charge is 0.335 e. The van der Waals surface area contributed by atoms with Gasteiger partial charge < -0.3 is 10.0 Å². The Balaban J connectivity index is 2.00. The van der Waals surface area contributed by atoms with Crippen molar-refractivity contribution in [1.29, 1.82) is 0 Å². The summed E-state index contributed by atoms with van der Waals surface area (Å²) in [6.45, 7) is 2.82. The molecule has 1 heterocycles. The molecule has 6 heteroatoms. The minimum absolute atomic E-state index is 0.370. The minimum Gasteiger partial charge on any atom is -0.478 e. The van der Waals surface area contributed by atoms with E-state index < -0.39 is 5.97 Å². The Bertz CT molecular complexity index is 612. The fourth-order valence-electron chi connectivity index (χ4n) is 2.06. The molecule has 0 saturated heterocycles. The van der Waals surface area contributed by atoms with Crippen LogP contribution in [0.15, 0.2) is 24.3 Å². The average Bonchev–Trinajstić information content (AvgIpc) is 2.94. The number of carboxylic acid groups (broad SMARTS) is 1. The van der Waals surface area contributed by atoms with Gasteiger partial charge in [0.05, 0.1) is 5.56 Å². The van der Waals surface area contributed by atoms with Crippen LogP contribution < -0.4 is 4.90 Å². The first kappa shape index (κ1) is 15.4. The molecule has 5 nitrogen and oxygen atoms in total. The zero-order chi connectivity index (χ0) is 15.2. The van der Waals surface area contributed by atoms with Crippen molar-refractivity contribution >= 4 is 22.6 Å². The van der Waals surface area contributed by atoms with Gasteiger partial charge in [0.2, 0.25) is 5.13 Å². The number of carboxylic acids is 1. The highest BCUT2D eigenvalue weighted by atomic mass is 32.1. The zero-order valence-corrected chi connectivity index (χ0v) is 13.1. The van der Waals surface area contributed by atoms with Crippen LogP contribution in [-0.4, -0.2) is 34.0 Å². The zero-order valence-electron chi connectivity index (χ0n) is 12.2. The third-order valence-electron chi connectivity index (χ3n) is 3.22. The van der Waals surface area contributed by atoms with Gasteiger partial charge in [-0.15, -0.1) is 0 Å². The van der Waals surface area contributed by atoms with E-state index in [0.717, 1.165) is 29.4 Å². The lowest BCUT2D eigenvalue weighted by molar-refractivity contribution is 0.0695. The normalized spacial score (nSPS) is 10.6. The van der Waals surface area contributed by atoms with Crippen LogP contribution in [0.4, 0.5) is 5.13 Å². The van der Waals surface area contributed by atoms with Gasteiger partial charge in [0.15, 0.2) is 0 Å². The van der Waals surface area contributed by atoms with Gasteiger partial charge in [0, 0.05) is 31.5 Å². The summed E-state index contributed by atoms with van der Waals surface area (Å²) >= 11 is 1.39. The summed E-state index contributed by atoms with van der Waals surface area (Å²) in [5.41, 5.74) is 1.21. The van der Waals surface area contributed by atoms with E-state index in [1.165, 1.54) is 11.5 Å². The van der Waals surface area contributed by atoms with Crippen LogP contribution in [0, 0.1) is 0 Å². The van der Waals surface area contributed by atoms with Crippen LogP contribution >= 0.6 is 11.5 Å². The average molecular weight is 305 g/mol. The Kier molecular flexibility index (Phi) is 5.27. The molecule has 0 radical (unpaired) electrons. The number of likely N-dealkylation sites (N-methyl/N-ethyl adjacent to an activating group) is 1. The standard InChI is InChI=1S/C15H19N3O2S/c1-3-6-13-16-15(21-17-13)18(2)10-9-11-7-4-5-8-12(11)14(19)20/h4-5,7-8H,3,6,9-10H2,1-2H3,(H,19,20). The van der Waals surface area contributed by atoms with Crippen molar-refractivity contribution in [2.45, 2.75) is 26.2 Å². The molecule has 2 aromatic rings. The molecule has 0 aliphatic rings. The Morgan fingerprint density at radius 3 is 2.81 bits per heavy atom. The van der Waals surface area contributed by atoms with Crippen molar-refractivity contribution in [1.82, 2.24) is 9.36 Å². The summed E-state index contributed by atoms with van der Waals surface area (Å²) in [6.07, 6.45) is 2.60. The van der Waals surface area contributed by atoms with Crippen molar-refractivity contribution in [2.75, 3.05) is 18.5 Å². The Morgan fingerprint density at radius 2 is 2.10 bits per heavy atom. The second-order valence-electron chi connectivity index (χ2n) is 4.88. The van der Waals surface area contributed by atoms with Crippen LogP contribution in [0.2, 0.25) is 0 Å². The molecule has 1 N–H and O–H groups in total. The monoisotopic (exact) mass is 305 g/mol. The van der Waals surface area contributed by atoms with Crippen molar-refractivity contribution in [3.8, 4) is 0 Å². The number of aromatic carboxylic acids is 1. The van der Waals surface area contributed by atoms with Gasteiger partial charge in [-0.3, -0.25) is 0 Å². The number of carbonyl (C=O) groups is 1. The largest absolute Gasteiger partial charge is 0.478 e. The molecular weight excluding hydrogens is 286 g/mol. The molecule has 0 atom stereocenters. The van der Waals surface area contributed by atoms with Crippen molar-refractivity contribution < 1.29 is 9.90 Å². The summed E-state index contributed by atoms with van der Waals surface area (Å²) in [4.78, 5) is 17.7. The molecular formula is C15H19N3O2S. The van der Waals surface area contributed by atoms with E-state index in [4.69, 9.17) is 0 Å². The molecule has 0 fully saturated rings. The summed E-state index contributed by atoms with van der Waals surface area (Å²) < 4.78 is 4.32. The molecule has 1 aromatic heterocycles. The molecule has 0 amide bonds. The van der Waals surface area contributed by atoms with E-state index in [0.29, 0.717) is 18.5 Å². The van der Waals surface area contributed by atoms with Gasteiger partial charge in [0.1, 0.15) is 5.82 Å². The van der Waals surface area contributed by atoms with Crippen molar-refractivity contribution in [3.05, 3.63) is 41.2 Å². The van der Waals surface area contributed by atoms with E-state index in [1.807, 2.05) is 24.1 Å². The lowest BCUT2D eigenvalue weighted by Gasteiger charge is -2.15. The summed E-state index contributed by atoms with van der Waals surface area (Å²) in [7, 11) is 1.96. The highest BCUT2D eigenvalue weighted by Gasteiger charge is 2.12. The highest BCUT2D eigenvalue weighted by Crippen LogP contribution is 2.18. The number of hydrogen-bond acceptors (Lipinski definition) is 5. The van der Waals surface area contributed by atoms with Crippen molar-refractivity contribution in [2.24, 2.45) is 0 Å². The molecule has 0 aliphatic heterocycles. The van der Waals surface area contributed by atoms with Gasteiger partial charge in [0.25, 0.3) is 0 Å². The van der Waals surface area contributed by atoms with Crippen LogP contribution in [0.25, 0.3) is 0 Å². The molecule has 0 bridgehead atoms. The van der Waals surface area contributed by atoms with Gasteiger partial charge in [-0.2, -0.15) is 4.37 Å². The van der Waals surface area contributed by atoms with Crippen LogP contribution in [0.1, 0.15) is 35.1 Å². The fraction of sp³-hybridized carbons (Fsp3) is 0.400. The first-order valence-electron chi connectivity index (χ1n) is 6.96. The fourth-order valence-corrected chi connectivity index (χ4v) is 2.75. The highest BCUT2D eigenvalue weighted by molar-refractivity contribution is 7.09. The Labute approximate surface area is 128 Å². The molecule has 0 spiro atoms. The molecule has 0 aliphatic carbocycles. The predicted octanol–water partition coefficient (Wildman–Crippen LogP) is 2.87. The van der Waals surface area contributed by atoms with Crippen molar-refractivity contribution in [3.63, 3.8) is 0 Å². The van der Waals surface area contributed by atoms with Gasteiger partial charge >= 0.3 is 5.97 Å². The maximum atomic E-state index is 11.2. The van der Waals surface area contributed by atoms with Crippen LogP contribution in [0.3, 0.4) is 0 Å². The van der Waals surface area contributed by atoms with Gasteiger partial charge in [-0.1, -0.05) is 25.1 Å².